The van der Waals surface area contributed by atoms with E-state index in [2.05, 4.69) is 46.3 Å². The summed E-state index contributed by atoms with van der Waals surface area (Å²) in [6, 6.07) is 0. The molecule has 0 aromatic carbocycles. The molecule has 0 bridgehead atoms. The molecular formula is C13H19ClIN3. The largest absolute Gasteiger partial charge is 0.341 e. The van der Waals surface area contributed by atoms with E-state index in [4.69, 9.17) is 16.6 Å². The Morgan fingerprint density at radius 2 is 1.83 bits per heavy atom. The lowest BCUT2D eigenvalue weighted by atomic mass is 10.0. The molecule has 1 aliphatic carbocycles. The van der Waals surface area contributed by atoms with Crippen LogP contribution in [0.3, 0.4) is 0 Å². The summed E-state index contributed by atoms with van der Waals surface area (Å²) in [6.45, 7) is 6.07. The summed E-state index contributed by atoms with van der Waals surface area (Å²) in [7, 11) is 0. The molecule has 0 unspecified atom stereocenters. The van der Waals surface area contributed by atoms with Crippen LogP contribution in [-0.2, 0) is 0 Å². The molecule has 2 rings (SSSR count). The third-order valence-corrected chi connectivity index (χ3v) is 5.27. The van der Waals surface area contributed by atoms with Gasteiger partial charge in [-0.05, 0) is 49.3 Å². The Balaban J connectivity index is 2.38. The molecule has 0 spiro atoms. The first-order valence-corrected chi connectivity index (χ1v) is 8.10. The van der Waals surface area contributed by atoms with E-state index in [0.717, 1.165) is 28.3 Å². The average molecular weight is 380 g/mol. The molecule has 3 nitrogen and oxygen atoms in total. The van der Waals surface area contributed by atoms with Crippen LogP contribution in [0, 0.1) is 3.57 Å². The van der Waals surface area contributed by atoms with Gasteiger partial charge >= 0.3 is 0 Å². The van der Waals surface area contributed by atoms with E-state index in [1.54, 1.807) is 0 Å². The number of aromatic nitrogens is 2. The normalized spacial score (nSPS) is 16.2. The van der Waals surface area contributed by atoms with E-state index in [1.807, 2.05) is 0 Å². The fraction of sp³-hybridized carbons (Fsp3) is 0.692. The lowest BCUT2D eigenvalue weighted by Crippen LogP contribution is -2.25. The van der Waals surface area contributed by atoms with Gasteiger partial charge in [-0.25, -0.2) is 4.98 Å². The number of hydrogen-bond acceptors (Lipinski definition) is 3. The van der Waals surface area contributed by atoms with E-state index >= 15 is 0 Å². The van der Waals surface area contributed by atoms with Gasteiger partial charge in [0.25, 0.3) is 0 Å². The van der Waals surface area contributed by atoms with Crippen LogP contribution in [0.25, 0.3) is 0 Å². The highest BCUT2D eigenvalue weighted by atomic mass is 127. The van der Waals surface area contributed by atoms with Crippen molar-refractivity contribution in [2.24, 2.45) is 0 Å². The Morgan fingerprint density at radius 1 is 1.22 bits per heavy atom. The van der Waals surface area contributed by atoms with E-state index in [9.17, 15) is 0 Å². The first-order valence-electron chi connectivity index (χ1n) is 6.65. The van der Waals surface area contributed by atoms with Crippen LogP contribution in [0.4, 0.5) is 5.95 Å². The Morgan fingerprint density at radius 3 is 2.39 bits per heavy atom. The van der Waals surface area contributed by atoms with Gasteiger partial charge in [0, 0.05) is 19.0 Å². The minimum atomic E-state index is 0.576. The van der Waals surface area contributed by atoms with Gasteiger partial charge in [0.1, 0.15) is 5.15 Å². The van der Waals surface area contributed by atoms with Crippen molar-refractivity contribution in [1.29, 1.82) is 0 Å². The van der Waals surface area contributed by atoms with E-state index < -0.39 is 0 Å². The van der Waals surface area contributed by atoms with Crippen molar-refractivity contribution < 1.29 is 0 Å². The van der Waals surface area contributed by atoms with Gasteiger partial charge in [0.2, 0.25) is 5.95 Å². The summed E-state index contributed by atoms with van der Waals surface area (Å²) >= 11 is 8.55. The van der Waals surface area contributed by atoms with Gasteiger partial charge in [-0.15, -0.1) is 0 Å². The fourth-order valence-corrected chi connectivity index (χ4v) is 3.40. The van der Waals surface area contributed by atoms with Crippen LogP contribution in [0.15, 0.2) is 0 Å². The quantitative estimate of drug-likeness (QED) is 0.579. The maximum atomic E-state index is 6.27. The molecule has 1 heterocycles. The second-order valence-electron chi connectivity index (χ2n) is 4.67. The van der Waals surface area contributed by atoms with Crippen molar-refractivity contribution >= 4 is 40.1 Å². The van der Waals surface area contributed by atoms with Gasteiger partial charge in [-0.1, -0.05) is 24.4 Å². The molecule has 1 aromatic heterocycles. The number of anilines is 1. The molecular weight excluding hydrogens is 361 g/mol. The molecule has 1 fully saturated rings. The van der Waals surface area contributed by atoms with Crippen LogP contribution < -0.4 is 4.90 Å². The maximum absolute atomic E-state index is 6.27. The van der Waals surface area contributed by atoms with Gasteiger partial charge in [0.05, 0.1) is 9.26 Å². The molecule has 0 radical (unpaired) electrons. The summed E-state index contributed by atoms with van der Waals surface area (Å²) in [6.07, 6.45) is 5.09. The Hall–Kier alpha value is -0.100. The number of rotatable bonds is 4. The van der Waals surface area contributed by atoms with Crippen LogP contribution >= 0.6 is 34.2 Å². The monoisotopic (exact) mass is 379 g/mol. The molecule has 0 N–H and O–H groups in total. The van der Waals surface area contributed by atoms with E-state index in [-0.39, 0.29) is 0 Å². The molecule has 0 saturated heterocycles. The van der Waals surface area contributed by atoms with Crippen LogP contribution in [0.5, 0.6) is 0 Å². The topological polar surface area (TPSA) is 29.0 Å². The zero-order valence-electron chi connectivity index (χ0n) is 10.9. The second kappa shape index (κ2) is 6.37. The van der Waals surface area contributed by atoms with Crippen molar-refractivity contribution in [3.63, 3.8) is 0 Å². The van der Waals surface area contributed by atoms with Gasteiger partial charge in [-0.2, -0.15) is 4.98 Å². The summed E-state index contributed by atoms with van der Waals surface area (Å²) < 4.78 is 1.04. The summed E-state index contributed by atoms with van der Waals surface area (Å²) in [4.78, 5) is 11.4. The highest BCUT2D eigenvalue weighted by molar-refractivity contribution is 14.1. The van der Waals surface area contributed by atoms with Gasteiger partial charge in [-0.3, -0.25) is 0 Å². The number of hydrogen-bond donors (Lipinski definition) is 0. The van der Waals surface area contributed by atoms with Crippen molar-refractivity contribution in [1.82, 2.24) is 9.97 Å². The molecule has 0 aliphatic heterocycles. The molecule has 1 aliphatic rings. The molecule has 0 amide bonds. The number of nitrogens with zero attached hydrogens (tertiary/aromatic N) is 3. The second-order valence-corrected chi connectivity index (χ2v) is 6.10. The Labute approximate surface area is 127 Å². The molecule has 0 atom stereocenters. The lowest BCUT2D eigenvalue weighted by Gasteiger charge is -2.21. The maximum Gasteiger partial charge on any atom is 0.227 e. The van der Waals surface area contributed by atoms with Crippen LogP contribution in [0.2, 0.25) is 5.15 Å². The average Bonchev–Trinajstić information content (AvgIpc) is 2.88. The van der Waals surface area contributed by atoms with Crippen LogP contribution in [0.1, 0.15) is 51.1 Å². The van der Waals surface area contributed by atoms with Crippen molar-refractivity contribution in [3.8, 4) is 0 Å². The standard InChI is InChI=1S/C13H19ClIN3/c1-3-18(4-2)13-16-11(9-7-5-6-8-9)10(15)12(14)17-13/h9H,3-8H2,1-2H3. The third kappa shape index (κ3) is 2.90. The Kier molecular flexibility index (Phi) is 5.06. The first-order chi connectivity index (χ1) is 8.67. The highest BCUT2D eigenvalue weighted by Gasteiger charge is 2.24. The predicted octanol–water partition coefficient (Wildman–Crippen LogP) is 4.24. The van der Waals surface area contributed by atoms with E-state index in [0.29, 0.717) is 11.1 Å². The predicted molar refractivity (Wildman–Crippen MR) is 84.5 cm³/mol. The van der Waals surface area contributed by atoms with Gasteiger partial charge in [0.15, 0.2) is 0 Å². The zero-order chi connectivity index (χ0) is 13.1. The van der Waals surface area contributed by atoms with Crippen molar-refractivity contribution in [2.75, 3.05) is 18.0 Å². The summed E-state index contributed by atoms with van der Waals surface area (Å²) in [5, 5.41) is 0.606. The number of halogens is 2. The van der Waals surface area contributed by atoms with Gasteiger partial charge < -0.3 is 4.90 Å². The first kappa shape index (κ1) is 14.3. The SMILES string of the molecule is CCN(CC)c1nc(Cl)c(I)c(C2CCCC2)n1. The smallest absolute Gasteiger partial charge is 0.227 e. The Bertz CT molecular complexity index is 415. The lowest BCUT2D eigenvalue weighted by molar-refractivity contribution is 0.682. The summed E-state index contributed by atoms with van der Waals surface area (Å²) in [5.41, 5.74) is 1.16. The van der Waals surface area contributed by atoms with Crippen LogP contribution in [-0.4, -0.2) is 23.1 Å². The zero-order valence-corrected chi connectivity index (χ0v) is 13.8. The minimum absolute atomic E-state index is 0.576. The van der Waals surface area contributed by atoms with Crippen molar-refractivity contribution in [3.05, 3.63) is 14.4 Å². The van der Waals surface area contributed by atoms with Crippen molar-refractivity contribution in [2.45, 2.75) is 45.4 Å². The molecule has 5 heteroatoms. The highest BCUT2D eigenvalue weighted by Crippen LogP contribution is 2.37. The molecule has 1 aromatic rings. The molecule has 18 heavy (non-hydrogen) atoms. The van der Waals surface area contributed by atoms with E-state index in [1.165, 1.54) is 25.7 Å². The minimum Gasteiger partial charge on any atom is -0.341 e. The molecule has 100 valence electrons. The molecule has 1 saturated carbocycles. The third-order valence-electron chi connectivity index (χ3n) is 3.61. The fourth-order valence-electron chi connectivity index (χ4n) is 2.54. The summed E-state index contributed by atoms with van der Waals surface area (Å²) in [5.74, 6) is 1.36.